The first-order chi connectivity index (χ1) is 7.47. The van der Waals surface area contributed by atoms with E-state index in [2.05, 4.69) is 27.7 Å². The van der Waals surface area contributed by atoms with Crippen molar-refractivity contribution in [3.8, 4) is 0 Å². The smallest absolute Gasteiger partial charge is 0.255 e. The number of pyridine rings is 1. The van der Waals surface area contributed by atoms with E-state index in [1.807, 2.05) is 16.7 Å². The zero-order chi connectivity index (χ0) is 12.3. The third-order valence-electron chi connectivity index (χ3n) is 2.65. The Balaban J connectivity index is 3.31. The Morgan fingerprint density at radius 3 is 2.31 bits per heavy atom. The monoisotopic (exact) mass is 222 g/mol. The summed E-state index contributed by atoms with van der Waals surface area (Å²) in [5.74, 6) is 0.821. The second-order valence-corrected chi connectivity index (χ2v) is 4.95. The molecule has 0 unspecified atom stereocenters. The van der Waals surface area contributed by atoms with E-state index in [0.717, 1.165) is 12.2 Å². The summed E-state index contributed by atoms with van der Waals surface area (Å²) >= 11 is 0. The molecule has 0 saturated carbocycles. The second-order valence-electron chi connectivity index (χ2n) is 4.95. The summed E-state index contributed by atoms with van der Waals surface area (Å²) in [6.07, 6.45) is 0. The van der Waals surface area contributed by atoms with Gasteiger partial charge in [-0.2, -0.15) is 0 Å². The highest BCUT2D eigenvalue weighted by atomic mass is 16.1. The largest absolute Gasteiger partial charge is 0.326 e. The molecule has 90 valence electrons. The number of hydrogen-bond acceptors (Lipinski definition) is 2. The lowest BCUT2D eigenvalue weighted by Gasteiger charge is -2.18. The van der Waals surface area contributed by atoms with Gasteiger partial charge in [0.15, 0.2) is 0 Å². The van der Waals surface area contributed by atoms with Crippen LogP contribution < -0.4 is 11.3 Å². The van der Waals surface area contributed by atoms with Gasteiger partial charge < -0.3 is 10.3 Å². The highest BCUT2D eigenvalue weighted by Crippen LogP contribution is 2.14. The SMILES string of the molecule is CC(C)Cn1c(C(C)C)ccc(CN)c1=O. The molecule has 0 aliphatic heterocycles. The molecule has 1 rings (SSSR count). The number of hydrogen-bond donors (Lipinski definition) is 1. The van der Waals surface area contributed by atoms with Crippen LogP contribution in [-0.4, -0.2) is 4.57 Å². The van der Waals surface area contributed by atoms with Crippen LogP contribution in [0, 0.1) is 5.92 Å². The van der Waals surface area contributed by atoms with Crippen LogP contribution in [0.15, 0.2) is 16.9 Å². The molecule has 3 heteroatoms. The number of nitrogens with two attached hydrogens (primary N) is 1. The minimum absolute atomic E-state index is 0.0717. The summed E-state index contributed by atoms with van der Waals surface area (Å²) in [5, 5.41) is 0. The Morgan fingerprint density at radius 2 is 1.88 bits per heavy atom. The Hall–Kier alpha value is -1.09. The molecule has 3 nitrogen and oxygen atoms in total. The predicted molar refractivity (Wildman–Crippen MR) is 67.5 cm³/mol. The molecule has 0 aliphatic rings. The van der Waals surface area contributed by atoms with Crippen molar-refractivity contribution in [1.29, 1.82) is 0 Å². The molecule has 0 fully saturated rings. The van der Waals surface area contributed by atoms with Gasteiger partial charge in [0.1, 0.15) is 0 Å². The molecule has 2 N–H and O–H groups in total. The van der Waals surface area contributed by atoms with Crippen LogP contribution in [-0.2, 0) is 13.1 Å². The lowest BCUT2D eigenvalue weighted by molar-refractivity contribution is 0.485. The molecule has 0 atom stereocenters. The van der Waals surface area contributed by atoms with E-state index in [0.29, 0.717) is 23.9 Å². The molecule has 1 heterocycles. The van der Waals surface area contributed by atoms with Gasteiger partial charge in [0.2, 0.25) is 0 Å². The summed E-state index contributed by atoms with van der Waals surface area (Å²) in [6.45, 7) is 9.52. The van der Waals surface area contributed by atoms with E-state index in [-0.39, 0.29) is 5.56 Å². The summed E-state index contributed by atoms with van der Waals surface area (Å²) in [5.41, 5.74) is 7.43. The highest BCUT2D eigenvalue weighted by Gasteiger charge is 2.11. The average Bonchev–Trinajstić information content (AvgIpc) is 2.19. The van der Waals surface area contributed by atoms with Gasteiger partial charge in [-0.3, -0.25) is 4.79 Å². The van der Waals surface area contributed by atoms with E-state index in [1.54, 1.807) is 0 Å². The van der Waals surface area contributed by atoms with Crippen molar-refractivity contribution in [2.45, 2.75) is 46.7 Å². The van der Waals surface area contributed by atoms with Crippen LogP contribution >= 0.6 is 0 Å². The van der Waals surface area contributed by atoms with Gasteiger partial charge in [0.25, 0.3) is 5.56 Å². The lowest BCUT2D eigenvalue weighted by atomic mass is 10.1. The average molecular weight is 222 g/mol. The summed E-state index contributed by atoms with van der Waals surface area (Å²) in [6, 6.07) is 3.88. The fourth-order valence-electron chi connectivity index (χ4n) is 1.85. The van der Waals surface area contributed by atoms with E-state index in [4.69, 9.17) is 5.73 Å². The normalized spacial score (nSPS) is 11.4. The predicted octanol–water partition coefficient (Wildman–Crippen LogP) is 2.09. The Kier molecular flexibility index (Phi) is 4.30. The quantitative estimate of drug-likeness (QED) is 0.848. The molecule has 0 aliphatic carbocycles. The molecule has 16 heavy (non-hydrogen) atoms. The Morgan fingerprint density at radius 1 is 1.25 bits per heavy atom. The molecular weight excluding hydrogens is 200 g/mol. The van der Waals surface area contributed by atoms with Crippen molar-refractivity contribution < 1.29 is 0 Å². The molecule has 0 aromatic carbocycles. The van der Waals surface area contributed by atoms with Gasteiger partial charge in [-0.15, -0.1) is 0 Å². The van der Waals surface area contributed by atoms with Crippen LogP contribution in [0.1, 0.15) is 44.9 Å². The third kappa shape index (κ3) is 2.73. The van der Waals surface area contributed by atoms with Crippen molar-refractivity contribution in [3.05, 3.63) is 33.7 Å². The second kappa shape index (κ2) is 5.30. The maximum Gasteiger partial charge on any atom is 0.255 e. The van der Waals surface area contributed by atoms with Crippen molar-refractivity contribution in [3.63, 3.8) is 0 Å². The first-order valence-electron chi connectivity index (χ1n) is 5.90. The molecule has 0 saturated heterocycles. The lowest BCUT2D eigenvalue weighted by Crippen LogP contribution is -2.29. The molecular formula is C13H22N2O. The number of rotatable bonds is 4. The zero-order valence-electron chi connectivity index (χ0n) is 10.7. The maximum absolute atomic E-state index is 12.1. The Bertz CT molecular complexity index is 405. The zero-order valence-corrected chi connectivity index (χ0v) is 10.7. The van der Waals surface area contributed by atoms with E-state index in [9.17, 15) is 4.79 Å². The first-order valence-corrected chi connectivity index (χ1v) is 5.90. The van der Waals surface area contributed by atoms with Crippen LogP contribution in [0.25, 0.3) is 0 Å². The number of aromatic nitrogens is 1. The summed E-state index contributed by atoms with van der Waals surface area (Å²) in [7, 11) is 0. The minimum atomic E-state index is 0.0717. The third-order valence-corrected chi connectivity index (χ3v) is 2.65. The molecule has 1 aromatic heterocycles. The van der Waals surface area contributed by atoms with Crippen molar-refractivity contribution >= 4 is 0 Å². The van der Waals surface area contributed by atoms with Crippen molar-refractivity contribution in [1.82, 2.24) is 4.57 Å². The van der Waals surface area contributed by atoms with Gasteiger partial charge in [0, 0.05) is 24.3 Å². The van der Waals surface area contributed by atoms with Crippen LogP contribution in [0.4, 0.5) is 0 Å². The molecule has 0 bridgehead atoms. The van der Waals surface area contributed by atoms with E-state index < -0.39 is 0 Å². The molecule has 0 amide bonds. The van der Waals surface area contributed by atoms with Gasteiger partial charge in [0.05, 0.1) is 0 Å². The standard InChI is InChI=1S/C13H22N2O/c1-9(2)8-15-12(10(3)4)6-5-11(7-14)13(15)16/h5-6,9-10H,7-8,14H2,1-4H3. The molecule has 1 aromatic rings. The van der Waals surface area contributed by atoms with E-state index >= 15 is 0 Å². The van der Waals surface area contributed by atoms with Gasteiger partial charge in [-0.05, 0) is 17.9 Å². The first kappa shape index (κ1) is 13.0. The fraction of sp³-hybridized carbons (Fsp3) is 0.615. The maximum atomic E-state index is 12.1. The molecule has 0 spiro atoms. The molecule has 0 radical (unpaired) electrons. The van der Waals surface area contributed by atoms with Gasteiger partial charge in [-0.1, -0.05) is 33.8 Å². The van der Waals surface area contributed by atoms with Crippen molar-refractivity contribution in [2.75, 3.05) is 0 Å². The summed E-state index contributed by atoms with van der Waals surface area (Å²) in [4.78, 5) is 12.1. The topological polar surface area (TPSA) is 48.0 Å². The van der Waals surface area contributed by atoms with E-state index in [1.165, 1.54) is 0 Å². The van der Waals surface area contributed by atoms with Crippen LogP contribution in [0.5, 0.6) is 0 Å². The summed E-state index contributed by atoms with van der Waals surface area (Å²) < 4.78 is 1.87. The van der Waals surface area contributed by atoms with Gasteiger partial charge in [-0.25, -0.2) is 0 Å². The van der Waals surface area contributed by atoms with Crippen molar-refractivity contribution in [2.24, 2.45) is 11.7 Å². The number of nitrogens with zero attached hydrogens (tertiary/aromatic N) is 1. The fourth-order valence-corrected chi connectivity index (χ4v) is 1.85. The van der Waals surface area contributed by atoms with Gasteiger partial charge >= 0.3 is 0 Å². The van der Waals surface area contributed by atoms with Crippen LogP contribution in [0.2, 0.25) is 0 Å². The van der Waals surface area contributed by atoms with Crippen LogP contribution in [0.3, 0.4) is 0 Å². The minimum Gasteiger partial charge on any atom is -0.326 e. The highest BCUT2D eigenvalue weighted by molar-refractivity contribution is 5.18. The Labute approximate surface area is 97.3 Å².